The number of carbonyl (C=O) groups is 2. The van der Waals surface area contributed by atoms with Gasteiger partial charge in [0.15, 0.2) is 5.78 Å². The minimum atomic E-state index is -0.552. The molecule has 1 aromatic heterocycles. The van der Waals surface area contributed by atoms with E-state index >= 15 is 0 Å². The topological polar surface area (TPSA) is 37.4 Å². The van der Waals surface area contributed by atoms with E-state index in [-0.39, 0.29) is 23.9 Å². The Kier molecular flexibility index (Phi) is 6.56. The Bertz CT molecular complexity index is 798. The Labute approximate surface area is 159 Å². The molecule has 0 N–H and O–H groups in total. The van der Waals surface area contributed by atoms with Crippen molar-refractivity contribution in [1.29, 1.82) is 0 Å². The molecule has 0 unspecified atom stereocenters. The van der Waals surface area contributed by atoms with Crippen LogP contribution in [0.1, 0.15) is 62.7 Å². The number of nitrogens with zero attached hydrogens (tertiary/aromatic N) is 1. The summed E-state index contributed by atoms with van der Waals surface area (Å²) in [5.41, 5.74) is 0.121. The number of thiophene rings is 1. The zero-order chi connectivity index (χ0) is 19.5. The first kappa shape index (κ1) is 20.6. The molecule has 0 aliphatic rings. The number of ketones is 1. The first-order valence-electron chi connectivity index (χ1n) is 9.22. The lowest BCUT2D eigenvalue weighted by molar-refractivity contribution is -0.130. The lowest BCUT2D eigenvalue weighted by Gasteiger charge is -2.22. The summed E-state index contributed by atoms with van der Waals surface area (Å²) in [6, 6.07) is 4.53. The van der Waals surface area contributed by atoms with Crippen molar-refractivity contribution in [3.05, 3.63) is 34.5 Å². The van der Waals surface area contributed by atoms with Crippen molar-refractivity contribution in [2.45, 2.75) is 53.9 Å². The van der Waals surface area contributed by atoms with Crippen LogP contribution in [0, 0.1) is 11.2 Å². The number of amides is 1. The van der Waals surface area contributed by atoms with E-state index in [9.17, 15) is 14.0 Å². The van der Waals surface area contributed by atoms with Gasteiger partial charge < -0.3 is 4.90 Å². The average molecular weight is 378 g/mol. The highest BCUT2D eigenvalue weighted by Gasteiger charge is 2.29. The van der Waals surface area contributed by atoms with Crippen LogP contribution in [0.15, 0.2) is 18.2 Å². The van der Waals surface area contributed by atoms with Gasteiger partial charge in [0.05, 0.1) is 11.3 Å². The third-order valence-electron chi connectivity index (χ3n) is 4.31. The molecule has 0 aliphatic heterocycles. The molecule has 1 aromatic carbocycles. The minimum Gasteiger partial charge on any atom is -0.342 e. The maximum atomic E-state index is 13.8. The molecule has 142 valence electrons. The van der Waals surface area contributed by atoms with Crippen LogP contribution in [0.3, 0.4) is 0 Å². The predicted octanol–water partition coefficient (Wildman–Crippen LogP) is 5.46. The molecule has 2 aromatic rings. The van der Waals surface area contributed by atoms with Gasteiger partial charge in [-0.1, -0.05) is 34.6 Å². The number of hydrogen-bond donors (Lipinski definition) is 0. The summed E-state index contributed by atoms with van der Waals surface area (Å²) in [7, 11) is 0. The van der Waals surface area contributed by atoms with Gasteiger partial charge in [0.1, 0.15) is 5.82 Å². The molecule has 0 spiro atoms. The Hall–Kier alpha value is -1.75. The minimum absolute atomic E-state index is 0.000517. The standard InChI is InChI=1S/C21H28FNO2S/c1-6-10-23(11-7-2)18(24)13-16-15-12-14(22)8-9-17(15)26-19(16)20(25)21(3,4)5/h8-9,12H,6-7,10-11,13H2,1-5H3. The van der Waals surface area contributed by atoms with Gasteiger partial charge in [-0.25, -0.2) is 4.39 Å². The van der Waals surface area contributed by atoms with Gasteiger partial charge >= 0.3 is 0 Å². The van der Waals surface area contributed by atoms with E-state index in [1.54, 1.807) is 6.07 Å². The van der Waals surface area contributed by atoms with E-state index in [2.05, 4.69) is 0 Å². The van der Waals surface area contributed by atoms with Crippen molar-refractivity contribution in [1.82, 2.24) is 4.90 Å². The summed E-state index contributed by atoms with van der Waals surface area (Å²) < 4.78 is 14.7. The monoisotopic (exact) mass is 377 g/mol. The first-order valence-corrected chi connectivity index (χ1v) is 10.0. The fourth-order valence-corrected chi connectivity index (χ4v) is 4.34. The Morgan fingerprint density at radius 1 is 1.12 bits per heavy atom. The summed E-state index contributed by atoms with van der Waals surface area (Å²) in [5.74, 6) is -0.349. The quantitative estimate of drug-likeness (QED) is 0.601. The second kappa shape index (κ2) is 8.30. The summed E-state index contributed by atoms with van der Waals surface area (Å²) >= 11 is 1.36. The van der Waals surface area contributed by atoms with Crippen molar-refractivity contribution in [2.75, 3.05) is 13.1 Å². The van der Waals surface area contributed by atoms with Crippen LogP contribution in [-0.4, -0.2) is 29.7 Å². The lowest BCUT2D eigenvalue weighted by Crippen LogP contribution is -2.34. The normalized spacial score (nSPS) is 11.8. The maximum absolute atomic E-state index is 13.8. The SMILES string of the molecule is CCCN(CCC)C(=O)Cc1c(C(=O)C(C)(C)C)sc2ccc(F)cc12. The number of fused-ring (bicyclic) bond motifs is 1. The molecule has 0 atom stereocenters. The highest BCUT2D eigenvalue weighted by molar-refractivity contribution is 7.21. The molecular weight excluding hydrogens is 349 g/mol. The number of rotatable bonds is 7. The Morgan fingerprint density at radius 3 is 2.27 bits per heavy atom. The highest BCUT2D eigenvalue weighted by Crippen LogP contribution is 2.36. The summed E-state index contributed by atoms with van der Waals surface area (Å²) in [4.78, 5) is 28.2. The van der Waals surface area contributed by atoms with Crippen LogP contribution >= 0.6 is 11.3 Å². The third kappa shape index (κ3) is 4.50. The van der Waals surface area contributed by atoms with Gasteiger partial charge in [-0.2, -0.15) is 0 Å². The molecular formula is C21H28FNO2S. The summed E-state index contributed by atoms with van der Waals surface area (Å²) in [6.45, 7) is 11.1. The summed E-state index contributed by atoms with van der Waals surface area (Å²) in [6.07, 6.45) is 1.91. The van der Waals surface area contributed by atoms with Gasteiger partial charge in [-0.05, 0) is 42.0 Å². The molecule has 0 saturated heterocycles. The molecule has 5 heteroatoms. The fourth-order valence-electron chi connectivity index (χ4n) is 2.98. The average Bonchev–Trinajstić information content (AvgIpc) is 2.90. The van der Waals surface area contributed by atoms with Crippen molar-refractivity contribution in [3.8, 4) is 0 Å². The molecule has 26 heavy (non-hydrogen) atoms. The van der Waals surface area contributed by atoms with Gasteiger partial charge in [-0.15, -0.1) is 11.3 Å². The number of halogens is 1. The van der Waals surface area contributed by atoms with E-state index in [1.165, 1.54) is 23.5 Å². The van der Waals surface area contributed by atoms with Crippen LogP contribution in [0.5, 0.6) is 0 Å². The molecule has 0 saturated carbocycles. The second-order valence-corrected chi connectivity index (χ2v) is 8.74. The zero-order valence-electron chi connectivity index (χ0n) is 16.3. The van der Waals surface area contributed by atoms with Crippen LogP contribution < -0.4 is 0 Å². The molecule has 3 nitrogen and oxygen atoms in total. The van der Waals surface area contributed by atoms with Gasteiger partial charge in [0, 0.05) is 23.2 Å². The molecule has 0 aliphatic carbocycles. The highest BCUT2D eigenvalue weighted by atomic mass is 32.1. The fraction of sp³-hybridized carbons (Fsp3) is 0.524. The van der Waals surface area contributed by atoms with E-state index < -0.39 is 5.41 Å². The van der Waals surface area contributed by atoms with E-state index in [1.807, 2.05) is 39.5 Å². The van der Waals surface area contributed by atoms with Crippen molar-refractivity contribution < 1.29 is 14.0 Å². The number of benzene rings is 1. The Morgan fingerprint density at radius 2 is 1.73 bits per heavy atom. The lowest BCUT2D eigenvalue weighted by atomic mass is 9.88. The number of carbonyl (C=O) groups excluding carboxylic acids is 2. The first-order chi connectivity index (χ1) is 12.2. The molecule has 0 fully saturated rings. The van der Waals surface area contributed by atoms with Gasteiger partial charge in [0.2, 0.25) is 5.91 Å². The van der Waals surface area contributed by atoms with Gasteiger partial charge in [0.25, 0.3) is 0 Å². The second-order valence-electron chi connectivity index (χ2n) is 7.69. The van der Waals surface area contributed by atoms with Crippen molar-refractivity contribution >= 4 is 33.1 Å². The van der Waals surface area contributed by atoms with E-state index in [4.69, 9.17) is 0 Å². The van der Waals surface area contributed by atoms with Crippen LogP contribution in [-0.2, 0) is 11.2 Å². The zero-order valence-corrected chi connectivity index (χ0v) is 17.1. The number of hydrogen-bond acceptors (Lipinski definition) is 3. The molecule has 1 heterocycles. The van der Waals surface area contributed by atoms with E-state index in [0.717, 1.165) is 17.5 Å². The van der Waals surface area contributed by atoms with Crippen LogP contribution in [0.2, 0.25) is 0 Å². The Balaban J connectivity index is 2.50. The molecule has 0 radical (unpaired) electrons. The predicted molar refractivity (Wildman–Crippen MR) is 106 cm³/mol. The smallest absolute Gasteiger partial charge is 0.227 e. The summed E-state index contributed by atoms with van der Waals surface area (Å²) in [5, 5.41) is 0.684. The van der Waals surface area contributed by atoms with Gasteiger partial charge in [-0.3, -0.25) is 9.59 Å². The molecule has 1 amide bonds. The molecule has 0 bridgehead atoms. The van der Waals surface area contributed by atoms with Crippen LogP contribution in [0.4, 0.5) is 4.39 Å². The van der Waals surface area contributed by atoms with E-state index in [0.29, 0.717) is 28.9 Å². The number of Topliss-reactive ketones (excluding diaryl/α,β-unsaturated/α-hetero) is 1. The van der Waals surface area contributed by atoms with Crippen molar-refractivity contribution in [2.24, 2.45) is 5.41 Å². The largest absolute Gasteiger partial charge is 0.342 e. The molecule has 2 rings (SSSR count). The van der Waals surface area contributed by atoms with Crippen molar-refractivity contribution in [3.63, 3.8) is 0 Å². The third-order valence-corrected chi connectivity index (χ3v) is 5.52. The van der Waals surface area contributed by atoms with Crippen LogP contribution in [0.25, 0.3) is 10.1 Å². The maximum Gasteiger partial charge on any atom is 0.227 e.